The Kier molecular flexibility index (Phi) is 4.60. The molecule has 0 spiro atoms. The van der Waals surface area contributed by atoms with E-state index in [1.165, 1.54) is 0 Å². The van der Waals surface area contributed by atoms with Crippen LogP contribution in [0.5, 0.6) is 5.75 Å². The molecule has 3 N–H and O–H groups in total. The second-order valence-electron chi connectivity index (χ2n) is 5.12. The lowest BCUT2D eigenvalue weighted by molar-refractivity contribution is -0.0637. The van der Waals surface area contributed by atoms with Crippen molar-refractivity contribution < 1.29 is 9.84 Å². The van der Waals surface area contributed by atoms with Gasteiger partial charge in [-0.1, -0.05) is 31.8 Å². The van der Waals surface area contributed by atoms with Crippen LogP contribution in [-0.4, -0.2) is 25.1 Å². The van der Waals surface area contributed by atoms with Crippen LogP contribution < -0.4 is 10.5 Å². The van der Waals surface area contributed by atoms with E-state index < -0.39 is 13.5 Å². The normalized spacial score (nSPS) is 15.4. The average Bonchev–Trinajstić information content (AvgIpc) is 2.27. The standard InChI is InChI=1S/C12H20ClNO2Si/c1-17(2,3)12(15,9-14)16-11-6-4-5-10(7-11)8-13/h4-7,15H,8-9,14H2,1-3H3/t12-/m1/s1. The van der Waals surface area contributed by atoms with Crippen molar-refractivity contribution >= 4 is 19.7 Å². The first-order valence-corrected chi connectivity index (χ1v) is 9.62. The molecule has 1 atom stereocenters. The molecule has 0 bridgehead atoms. The Morgan fingerprint density at radius 2 is 2.06 bits per heavy atom. The fourth-order valence-electron chi connectivity index (χ4n) is 1.39. The summed E-state index contributed by atoms with van der Waals surface area (Å²) in [5.74, 6) is 1.03. The van der Waals surface area contributed by atoms with Crippen LogP contribution in [0.15, 0.2) is 24.3 Å². The van der Waals surface area contributed by atoms with Crippen molar-refractivity contribution in [1.82, 2.24) is 0 Å². The first-order chi connectivity index (χ1) is 7.82. The first-order valence-electron chi connectivity index (χ1n) is 5.59. The van der Waals surface area contributed by atoms with Crippen molar-refractivity contribution in [3.63, 3.8) is 0 Å². The molecule has 0 aliphatic carbocycles. The molecule has 3 nitrogen and oxygen atoms in total. The number of ether oxygens (including phenoxy) is 1. The molecular formula is C12H20ClNO2Si. The quantitative estimate of drug-likeness (QED) is 0.492. The van der Waals surface area contributed by atoms with Crippen LogP contribution in [-0.2, 0) is 5.88 Å². The van der Waals surface area contributed by atoms with Crippen LogP contribution in [0.4, 0.5) is 0 Å². The number of rotatable bonds is 5. The summed E-state index contributed by atoms with van der Waals surface area (Å²) < 4.78 is 5.69. The van der Waals surface area contributed by atoms with Gasteiger partial charge in [-0.2, -0.15) is 0 Å². The van der Waals surface area contributed by atoms with Crippen LogP contribution >= 0.6 is 11.6 Å². The minimum atomic E-state index is -1.95. The van der Waals surface area contributed by atoms with Crippen molar-refractivity contribution in [2.45, 2.75) is 30.9 Å². The highest BCUT2D eigenvalue weighted by Crippen LogP contribution is 2.25. The summed E-state index contributed by atoms with van der Waals surface area (Å²) in [5.41, 5.74) is 5.35. The van der Waals surface area contributed by atoms with Crippen LogP contribution in [0.1, 0.15) is 5.56 Å². The van der Waals surface area contributed by atoms with Crippen LogP contribution in [0.2, 0.25) is 19.6 Å². The van der Waals surface area contributed by atoms with E-state index >= 15 is 0 Å². The second kappa shape index (κ2) is 5.39. The number of hydrogen-bond donors (Lipinski definition) is 2. The van der Waals surface area contributed by atoms with Gasteiger partial charge in [-0.3, -0.25) is 0 Å². The predicted octanol–water partition coefficient (Wildman–Crippen LogP) is 2.33. The Labute approximate surface area is 109 Å². The third-order valence-electron chi connectivity index (χ3n) is 2.79. The summed E-state index contributed by atoms with van der Waals surface area (Å²) in [6.45, 7) is 6.15. The van der Waals surface area contributed by atoms with E-state index in [1.54, 1.807) is 6.07 Å². The molecule has 0 unspecified atom stereocenters. The maximum absolute atomic E-state index is 10.5. The number of alkyl halides is 1. The van der Waals surface area contributed by atoms with E-state index in [1.807, 2.05) is 37.8 Å². The van der Waals surface area contributed by atoms with Crippen LogP contribution in [0.3, 0.4) is 0 Å². The Hall–Kier alpha value is -0.553. The van der Waals surface area contributed by atoms with Gasteiger partial charge in [0.1, 0.15) is 13.8 Å². The molecule has 0 heterocycles. The lowest BCUT2D eigenvalue weighted by atomic mass is 10.2. The molecule has 1 rings (SSSR count). The molecule has 0 fully saturated rings. The highest BCUT2D eigenvalue weighted by atomic mass is 35.5. The minimum absolute atomic E-state index is 0.0911. The van der Waals surface area contributed by atoms with E-state index in [9.17, 15) is 5.11 Å². The van der Waals surface area contributed by atoms with Gasteiger partial charge in [0.25, 0.3) is 0 Å². The predicted molar refractivity (Wildman–Crippen MR) is 74.0 cm³/mol. The number of nitrogens with two attached hydrogens (primary N) is 1. The van der Waals surface area contributed by atoms with Gasteiger partial charge in [0, 0.05) is 5.88 Å². The molecule has 1 aromatic rings. The Morgan fingerprint density at radius 3 is 2.53 bits per heavy atom. The molecule has 0 aliphatic heterocycles. The zero-order chi connectivity index (χ0) is 13.1. The molecule has 0 saturated carbocycles. The molecule has 0 amide bonds. The molecule has 0 saturated heterocycles. The molecule has 0 aromatic heterocycles. The smallest absolute Gasteiger partial charge is 0.199 e. The Morgan fingerprint density at radius 1 is 1.41 bits per heavy atom. The maximum atomic E-state index is 10.5. The third-order valence-corrected chi connectivity index (χ3v) is 5.75. The first kappa shape index (κ1) is 14.5. The van der Waals surface area contributed by atoms with Crippen molar-refractivity contribution in [3.05, 3.63) is 29.8 Å². The summed E-state index contributed by atoms with van der Waals surface area (Å²) in [4.78, 5) is 0. The van der Waals surface area contributed by atoms with E-state index in [2.05, 4.69) is 0 Å². The van der Waals surface area contributed by atoms with Gasteiger partial charge in [-0.15, -0.1) is 11.6 Å². The van der Waals surface area contributed by atoms with Crippen molar-refractivity contribution in [1.29, 1.82) is 0 Å². The number of benzene rings is 1. The van der Waals surface area contributed by atoms with E-state index in [0.717, 1.165) is 5.56 Å². The lowest BCUT2D eigenvalue weighted by Gasteiger charge is -2.37. The average molecular weight is 274 g/mol. The number of hydrogen-bond acceptors (Lipinski definition) is 3. The highest BCUT2D eigenvalue weighted by molar-refractivity contribution is 6.78. The van der Waals surface area contributed by atoms with E-state index in [0.29, 0.717) is 11.6 Å². The molecule has 96 valence electrons. The fourth-order valence-corrected chi connectivity index (χ4v) is 2.59. The SMILES string of the molecule is C[Si](C)(C)[C@@](O)(CN)Oc1cccc(CCl)c1. The van der Waals surface area contributed by atoms with Gasteiger partial charge in [-0.25, -0.2) is 0 Å². The molecule has 0 aliphatic rings. The largest absolute Gasteiger partial charge is 0.465 e. The van der Waals surface area contributed by atoms with Gasteiger partial charge in [-0.05, 0) is 17.7 Å². The monoisotopic (exact) mass is 273 g/mol. The van der Waals surface area contributed by atoms with Gasteiger partial charge in [0.2, 0.25) is 0 Å². The summed E-state index contributed by atoms with van der Waals surface area (Å²) >= 11 is 5.76. The summed E-state index contributed by atoms with van der Waals surface area (Å²) in [5, 5.41) is 10.5. The summed E-state index contributed by atoms with van der Waals surface area (Å²) in [6, 6.07) is 7.40. The Balaban J connectivity index is 2.95. The molecule has 1 aromatic carbocycles. The van der Waals surface area contributed by atoms with E-state index in [-0.39, 0.29) is 6.54 Å². The topological polar surface area (TPSA) is 55.5 Å². The van der Waals surface area contributed by atoms with E-state index in [4.69, 9.17) is 22.1 Å². The van der Waals surface area contributed by atoms with Crippen LogP contribution in [0, 0.1) is 0 Å². The lowest BCUT2D eigenvalue weighted by Crippen LogP contribution is -2.61. The number of aliphatic hydroxyl groups is 1. The van der Waals surface area contributed by atoms with Crippen molar-refractivity contribution in [2.24, 2.45) is 5.73 Å². The number of halogens is 1. The molecule has 0 radical (unpaired) electrons. The van der Waals surface area contributed by atoms with Gasteiger partial charge >= 0.3 is 0 Å². The van der Waals surface area contributed by atoms with Crippen molar-refractivity contribution in [2.75, 3.05) is 6.54 Å². The maximum Gasteiger partial charge on any atom is 0.199 e. The van der Waals surface area contributed by atoms with Gasteiger partial charge in [0.15, 0.2) is 5.41 Å². The zero-order valence-corrected chi connectivity index (χ0v) is 12.3. The highest BCUT2D eigenvalue weighted by Gasteiger charge is 2.43. The summed E-state index contributed by atoms with van der Waals surface area (Å²) in [7, 11) is -1.95. The summed E-state index contributed by atoms with van der Waals surface area (Å²) in [6.07, 6.45) is 0. The molecular weight excluding hydrogens is 254 g/mol. The molecule has 5 heteroatoms. The fraction of sp³-hybridized carbons (Fsp3) is 0.500. The zero-order valence-electron chi connectivity index (χ0n) is 10.5. The van der Waals surface area contributed by atoms with Crippen molar-refractivity contribution in [3.8, 4) is 5.75 Å². The third kappa shape index (κ3) is 3.45. The van der Waals surface area contributed by atoms with Gasteiger partial charge in [0.05, 0.1) is 6.54 Å². The van der Waals surface area contributed by atoms with Gasteiger partial charge < -0.3 is 15.6 Å². The minimum Gasteiger partial charge on any atom is -0.465 e. The Bertz CT molecular complexity index is 381. The molecule has 17 heavy (non-hydrogen) atoms. The second-order valence-corrected chi connectivity index (χ2v) is 10.7. The van der Waals surface area contributed by atoms with Crippen LogP contribution in [0.25, 0.3) is 0 Å².